The number of aryl methyl sites for hydroxylation is 5. The van der Waals surface area contributed by atoms with Gasteiger partial charge >= 0.3 is 42.1 Å². The Balaban J connectivity index is 0.000000124. The van der Waals surface area contributed by atoms with E-state index in [1.54, 1.807) is 24.9 Å². The van der Waals surface area contributed by atoms with Gasteiger partial charge in [-0.1, -0.05) is 223 Å². The molecule has 0 aliphatic heterocycles. The van der Waals surface area contributed by atoms with Gasteiger partial charge in [0.25, 0.3) is 0 Å². The molecule has 24 aromatic rings. The molecule has 0 atom stereocenters. The van der Waals surface area contributed by atoms with Crippen molar-refractivity contribution >= 4 is 0 Å². The summed E-state index contributed by atoms with van der Waals surface area (Å²) in [6.07, 6.45) is 16.4. The average molecular weight is 2420 g/mol. The quantitative estimate of drug-likeness (QED) is 0.0992. The van der Waals surface area contributed by atoms with E-state index < -0.39 is 0 Å². The van der Waals surface area contributed by atoms with Crippen molar-refractivity contribution in [1.29, 1.82) is 0 Å². The number of oxazole rings is 1. The van der Waals surface area contributed by atoms with Gasteiger partial charge in [-0.05, 0) is 135 Å². The first kappa shape index (κ1) is 101. The number of benzene rings is 16. The standard InChI is InChI=1S/C35H22N2.2C21H15N2.C11H11N2.C10H9N2.C9H7N3.C9H6N2.C9H6NO.3Pt/c1-22-20-34(37-36-22)24-16-14-23(15-17-24)25-18-19-29-28-10-4-7-13-32(28)35(33(29)21-25)30-11-5-2-8-26(30)27-9-3-6-12-31(27)35;2*1-3-7-17(8-4-1)18-11-13-19(14-12-18)20-15-22-23(16-20)21-9-5-2-6-10-21;1-9-8-10(2)13(12-9)11-6-4-3-5-7-11;1-12-8-7-11-10(12)9-5-3-2-4-6-9;1-7-10-9(12-11-7)8-5-3-2-4-6-8;1-2-4-8(5-3-1)9-6-7-10-11-9;1-2-4-8(5-3-1)9-10-6-7-11-9;;;/h2-16,18-21H,1H3;2*1-9,11-16H;3-6,8H,1-2H3;2-5,7-8H,1H3;2-5H,1H3;2*1-4,6-7H;;;/q-2;4*-1;2*-2;-1;;2*+4. The number of aromatic nitrogens is 16. The van der Waals surface area contributed by atoms with Crippen LogP contribution in [0.25, 0.3) is 152 Å². The summed E-state index contributed by atoms with van der Waals surface area (Å²) in [7, 11) is 1.98. The first-order valence-electron chi connectivity index (χ1n) is 46.3. The van der Waals surface area contributed by atoms with Crippen LogP contribution in [0.1, 0.15) is 45.2 Å². The van der Waals surface area contributed by atoms with Crippen LogP contribution in [-0.4, -0.2) is 64.2 Å². The van der Waals surface area contributed by atoms with Crippen LogP contribution in [0.15, 0.2) is 467 Å². The molecule has 1 spiro atoms. The van der Waals surface area contributed by atoms with E-state index in [0.717, 1.165) is 107 Å². The molecular formula is C125H91N16OPt3-3. The Labute approximate surface area is 887 Å². The van der Waals surface area contributed by atoms with Crippen molar-refractivity contribution in [3.8, 4) is 152 Å². The zero-order chi connectivity index (χ0) is 96.6. The third-order valence-corrected chi connectivity index (χ3v) is 23.8. The summed E-state index contributed by atoms with van der Waals surface area (Å²) < 4.78 is 12.6. The van der Waals surface area contributed by atoms with E-state index >= 15 is 0 Å². The van der Waals surface area contributed by atoms with Gasteiger partial charge in [-0.15, -0.1) is 181 Å². The van der Waals surface area contributed by atoms with Crippen molar-refractivity contribution in [1.82, 2.24) is 79.5 Å². The maximum Gasteiger partial charge on any atom is 4.00 e. The molecule has 710 valence electrons. The van der Waals surface area contributed by atoms with Crippen LogP contribution in [0, 0.1) is 76.2 Å². The van der Waals surface area contributed by atoms with Crippen LogP contribution < -0.4 is 15.3 Å². The SMILES string of the molecule is Cc1cc(-c2[c-]cc(-c3ccc4c(c3)C3(c5ccccc5-c5ccccc53)c3ccccc3-4)cc2)[n-]n1.Cc1cc(C)n(-c2[c-]cccc2)n1.Cc1n[n-]c(-c2[c-]cccc2)n1.Cn1ccnc1-c1[c-]cccc1.[Pt+4].[Pt+4].[Pt].[c-]1ccccc1-c1ccn[n-]1.[c-]1ccccc1-c1ncco1.[c-]1ccccc1-n1cc(-c2ccc(-c3ccccc3)cc2)cn1.[c-]1ccccc1-n1cc(-c2ccc(-c3ccccc3)cc2)cn1. The van der Waals surface area contributed by atoms with Gasteiger partial charge in [-0.25, -0.2) is 11.4 Å². The minimum Gasteiger partial charge on any atom is -0.619 e. The van der Waals surface area contributed by atoms with E-state index in [0.29, 0.717) is 17.5 Å². The second kappa shape index (κ2) is 49.1. The molecule has 0 saturated carbocycles. The molecular weight excluding hydrogens is 2330 g/mol. The van der Waals surface area contributed by atoms with Gasteiger partial charge in [0.2, 0.25) is 0 Å². The molecule has 145 heavy (non-hydrogen) atoms. The van der Waals surface area contributed by atoms with E-state index in [-0.39, 0.29) is 68.6 Å². The van der Waals surface area contributed by atoms with Crippen molar-refractivity contribution in [3.63, 3.8) is 0 Å². The predicted octanol–water partition coefficient (Wildman–Crippen LogP) is 26.9. The summed E-state index contributed by atoms with van der Waals surface area (Å²) in [5, 5.41) is 37.0. The number of rotatable bonds is 13. The molecule has 26 rings (SSSR count). The van der Waals surface area contributed by atoms with Crippen molar-refractivity contribution in [3.05, 3.63) is 556 Å². The van der Waals surface area contributed by atoms with Gasteiger partial charge in [0, 0.05) is 81.2 Å². The molecule has 2 aliphatic rings. The fourth-order valence-electron chi connectivity index (χ4n) is 17.1. The first-order chi connectivity index (χ1) is 70.0. The summed E-state index contributed by atoms with van der Waals surface area (Å²) in [6.45, 7) is 7.81. The fourth-order valence-corrected chi connectivity index (χ4v) is 17.1. The second-order valence-corrected chi connectivity index (χ2v) is 33.2. The normalized spacial score (nSPS) is 11.0. The fraction of sp³-hybridized carbons (Fsp3) is 0.0480. The molecule has 0 fully saturated rings. The maximum absolute atomic E-state index is 5.08. The number of hydrogen-bond acceptors (Lipinski definition) is 10. The summed E-state index contributed by atoms with van der Waals surface area (Å²) in [4.78, 5) is 12.3. The van der Waals surface area contributed by atoms with Crippen molar-refractivity contribution < 1.29 is 67.6 Å². The van der Waals surface area contributed by atoms with Gasteiger partial charge in [0.15, 0.2) is 0 Å². The van der Waals surface area contributed by atoms with Gasteiger partial charge in [-0.3, -0.25) is 29.1 Å². The molecule has 8 aromatic heterocycles. The van der Waals surface area contributed by atoms with E-state index in [2.05, 4.69) is 322 Å². The van der Waals surface area contributed by atoms with Gasteiger partial charge in [-0.2, -0.15) is 105 Å². The molecule has 0 unspecified atom stereocenters. The first-order valence-corrected chi connectivity index (χ1v) is 46.3. The smallest absolute Gasteiger partial charge is 0.619 e. The Kier molecular flexibility index (Phi) is 34.2. The van der Waals surface area contributed by atoms with Crippen LogP contribution in [0.4, 0.5) is 0 Å². The van der Waals surface area contributed by atoms with Crippen molar-refractivity contribution in [2.45, 2.75) is 33.1 Å². The molecule has 17 nitrogen and oxygen atoms in total. The summed E-state index contributed by atoms with van der Waals surface area (Å²) in [5.41, 5.74) is 34.7. The van der Waals surface area contributed by atoms with Crippen LogP contribution in [0.5, 0.6) is 0 Å². The van der Waals surface area contributed by atoms with Crippen LogP contribution in [0.2, 0.25) is 0 Å². The number of fused-ring (bicyclic) bond motifs is 10. The molecule has 2 aliphatic carbocycles. The van der Waals surface area contributed by atoms with E-state index in [9.17, 15) is 0 Å². The Morgan fingerprint density at radius 2 is 0.779 bits per heavy atom. The average Bonchev–Trinajstić information content (AvgIpc) is 1.51. The Morgan fingerprint density at radius 1 is 0.331 bits per heavy atom. The number of hydrogen-bond donors (Lipinski definition) is 0. The molecule has 20 heteroatoms. The number of para-hydroxylation sites is 3. The molecule has 0 bridgehead atoms. The maximum atomic E-state index is 5.08. The largest absolute Gasteiger partial charge is 4.00 e. The van der Waals surface area contributed by atoms with Crippen LogP contribution in [-0.2, 0) is 75.7 Å². The van der Waals surface area contributed by atoms with Gasteiger partial charge < -0.3 is 39.5 Å². The third-order valence-electron chi connectivity index (χ3n) is 23.8. The van der Waals surface area contributed by atoms with E-state index in [1.807, 2.05) is 278 Å². The summed E-state index contributed by atoms with van der Waals surface area (Å²) >= 11 is 0. The molecule has 0 amide bonds. The Bertz CT molecular complexity index is 7800. The zero-order valence-corrected chi connectivity index (χ0v) is 86.2. The Morgan fingerprint density at radius 3 is 1.21 bits per heavy atom. The molecule has 8 heterocycles. The van der Waals surface area contributed by atoms with Gasteiger partial charge in [0.1, 0.15) is 5.89 Å². The van der Waals surface area contributed by atoms with Crippen molar-refractivity contribution in [2.24, 2.45) is 7.05 Å². The van der Waals surface area contributed by atoms with Crippen LogP contribution in [0.3, 0.4) is 0 Å². The third kappa shape index (κ3) is 24.2. The minimum atomic E-state index is -0.318. The van der Waals surface area contributed by atoms with Crippen LogP contribution >= 0.6 is 0 Å². The summed E-state index contributed by atoms with van der Waals surface area (Å²) in [6, 6.07) is 163. The topological polar surface area (TPSA) is 191 Å². The van der Waals surface area contributed by atoms with Crippen molar-refractivity contribution in [2.75, 3.05) is 0 Å². The zero-order valence-electron chi connectivity index (χ0n) is 79.4. The monoisotopic (exact) mass is 2420 g/mol. The van der Waals surface area contributed by atoms with Gasteiger partial charge in [0.05, 0.1) is 41.8 Å². The molecule has 16 aromatic carbocycles. The predicted molar refractivity (Wildman–Crippen MR) is 561 cm³/mol. The molecule has 0 radical (unpaired) electrons. The summed E-state index contributed by atoms with van der Waals surface area (Å²) in [5.74, 6) is 2.91. The van der Waals surface area contributed by atoms with E-state index in [4.69, 9.17) is 4.42 Å². The number of imidazole rings is 1. The Hall–Kier alpha value is -16.8. The molecule has 0 saturated heterocycles. The molecule has 0 N–H and O–H groups in total. The number of nitrogens with zero attached hydrogens (tertiary/aromatic N) is 16. The second-order valence-electron chi connectivity index (χ2n) is 33.2. The van der Waals surface area contributed by atoms with E-state index in [1.165, 1.54) is 72.3 Å². The minimum absolute atomic E-state index is 0.